The molecule has 0 bridgehead atoms. The Morgan fingerprint density at radius 1 is 1.43 bits per heavy atom. The SMILES string of the molecule is CCN(Cc1ccc([N+](=O)[O-])cc1Br)CC1CCNCC1. The maximum atomic E-state index is 10.8. The summed E-state index contributed by atoms with van der Waals surface area (Å²) in [5.41, 5.74) is 1.24. The van der Waals surface area contributed by atoms with Gasteiger partial charge in [0.1, 0.15) is 0 Å². The predicted molar refractivity (Wildman–Crippen MR) is 87.3 cm³/mol. The molecule has 0 amide bonds. The van der Waals surface area contributed by atoms with Gasteiger partial charge in [-0.2, -0.15) is 0 Å². The molecule has 0 aromatic heterocycles. The number of benzene rings is 1. The Morgan fingerprint density at radius 2 is 2.14 bits per heavy atom. The fourth-order valence-electron chi connectivity index (χ4n) is 2.75. The Hall–Kier alpha value is -0.980. The molecule has 6 heteroatoms. The van der Waals surface area contributed by atoms with Crippen LogP contribution in [0.2, 0.25) is 0 Å². The van der Waals surface area contributed by atoms with E-state index in [1.54, 1.807) is 12.1 Å². The van der Waals surface area contributed by atoms with Gasteiger partial charge in [-0.15, -0.1) is 0 Å². The molecule has 1 aromatic carbocycles. The first-order chi connectivity index (χ1) is 10.1. The monoisotopic (exact) mass is 355 g/mol. The minimum Gasteiger partial charge on any atom is -0.317 e. The number of nitro groups is 1. The maximum absolute atomic E-state index is 10.8. The second-order valence-corrected chi connectivity index (χ2v) is 6.41. The molecule has 1 aliphatic heterocycles. The highest BCUT2D eigenvalue weighted by atomic mass is 79.9. The van der Waals surface area contributed by atoms with Gasteiger partial charge in [0.25, 0.3) is 5.69 Å². The van der Waals surface area contributed by atoms with E-state index in [9.17, 15) is 10.1 Å². The summed E-state index contributed by atoms with van der Waals surface area (Å²) in [5, 5.41) is 14.2. The Kier molecular flexibility index (Phi) is 6.14. The van der Waals surface area contributed by atoms with E-state index in [0.717, 1.165) is 48.7 Å². The van der Waals surface area contributed by atoms with E-state index in [1.165, 1.54) is 12.8 Å². The standard InChI is InChI=1S/C15H22BrN3O2/c1-2-18(10-12-5-7-17-8-6-12)11-13-3-4-14(19(20)21)9-15(13)16/h3-4,9,12,17H,2,5-8,10-11H2,1H3. The van der Waals surface area contributed by atoms with Crippen LogP contribution in [0.15, 0.2) is 22.7 Å². The van der Waals surface area contributed by atoms with E-state index in [1.807, 2.05) is 6.07 Å². The first kappa shape index (κ1) is 16.4. The Morgan fingerprint density at radius 3 is 2.71 bits per heavy atom. The van der Waals surface area contributed by atoms with Crippen LogP contribution in [0.1, 0.15) is 25.3 Å². The van der Waals surface area contributed by atoms with Crippen LogP contribution >= 0.6 is 15.9 Å². The molecule has 1 saturated heterocycles. The van der Waals surface area contributed by atoms with E-state index in [2.05, 4.69) is 33.1 Å². The summed E-state index contributed by atoms with van der Waals surface area (Å²) < 4.78 is 0.820. The van der Waals surface area contributed by atoms with Gasteiger partial charge in [0.05, 0.1) is 4.92 Å². The van der Waals surface area contributed by atoms with Crippen molar-refractivity contribution < 1.29 is 4.92 Å². The molecule has 1 N–H and O–H groups in total. The molecule has 5 nitrogen and oxygen atoms in total. The average molecular weight is 356 g/mol. The minimum atomic E-state index is -0.360. The normalized spacial score (nSPS) is 16.3. The summed E-state index contributed by atoms with van der Waals surface area (Å²) >= 11 is 3.46. The van der Waals surface area contributed by atoms with Crippen molar-refractivity contribution in [1.29, 1.82) is 0 Å². The van der Waals surface area contributed by atoms with Crippen LogP contribution in [0, 0.1) is 16.0 Å². The highest BCUT2D eigenvalue weighted by Crippen LogP contribution is 2.25. The van der Waals surface area contributed by atoms with Crippen LogP contribution in [-0.2, 0) is 6.54 Å². The molecular weight excluding hydrogens is 334 g/mol. The zero-order valence-electron chi connectivity index (χ0n) is 12.3. The number of nitrogens with zero attached hydrogens (tertiary/aromatic N) is 2. The highest BCUT2D eigenvalue weighted by molar-refractivity contribution is 9.10. The molecular formula is C15H22BrN3O2. The second kappa shape index (κ2) is 7.87. The zero-order valence-corrected chi connectivity index (χ0v) is 13.9. The Balaban J connectivity index is 1.99. The fraction of sp³-hybridized carbons (Fsp3) is 0.600. The molecule has 0 aliphatic carbocycles. The second-order valence-electron chi connectivity index (χ2n) is 5.55. The summed E-state index contributed by atoms with van der Waals surface area (Å²) in [7, 11) is 0. The molecule has 1 aromatic rings. The first-order valence-electron chi connectivity index (χ1n) is 7.46. The molecule has 1 aliphatic rings. The summed E-state index contributed by atoms with van der Waals surface area (Å²) in [4.78, 5) is 12.8. The maximum Gasteiger partial charge on any atom is 0.270 e. The van der Waals surface area contributed by atoms with E-state index in [4.69, 9.17) is 0 Å². The largest absolute Gasteiger partial charge is 0.317 e. The minimum absolute atomic E-state index is 0.132. The van der Waals surface area contributed by atoms with Gasteiger partial charge in [-0.25, -0.2) is 0 Å². The smallest absolute Gasteiger partial charge is 0.270 e. The van der Waals surface area contributed by atoms with Crippen molar-refractivity contribution in [2.75, 3.05) is 26.2 Å². The van der Waals surface area contributed by atoms with Crippen LogP contribution in [0.3, 0.4) is 0 Å². The Bertz CT molecular complexity index is 490. The van der Waals surface area contributed by atoms with Crippen molar-refractivity contribution in [2.24, 2.45) is 5.92 Å². The lowest BCUT2D eigenvalue weighted by Gasteiger charge is -2.29. The lowest BCUT2D eigenvalue weighted by atomic mass is 9.97. The van der Waals surface area contributed by atoms with Gasteiger partial charge in [0.2, 0.25) is 0 Å². The molecule has 116 valence electrons. The van der Waals surface area contributed by atoms with Crippen molar-refractivity contribution in [1.82, 2.24) is 10.2 Å². The predicted octanol–water partition coefficient (Wildman–Crippen LogP) is 3.18. The number of halogens is 1. The van der Waals surface area contributed by atoms with Gasteiger partial charge < -0.3 is 5.32 Å². The summed E-state index contributed by atoms with van der Waals surface area (Å²) in [5.74, 6) is 0.753. The third-order valence-corrected chi connectivity index (χ3v) is 4.80. The zero-order chi connectivity index (χ0) is 15.2. The molecule has 21 heavy (non-hydrogen) atoms. The van der Waals surface area contributed by atoms with E-state index >= 15 is 0 Å². The lowest BCUT2D eigenvalue weighted by molar-refractivity contribution is -0.384. The van der Waals surface area contributed by atoms with Gasteiger partial charge in [-0.05, 0) is 50.0 Å². The number of hydrogen-bond acceptors (Lipinski definition) is 4. The van der Waals surface area contributed by atoms with Crippen LogP contribution in [0.4, 0.5) is 5.69 Å². The van der Waals surface area contributed by atoms with Crippen molar-refractivity contribution >= 4 is 21.6 Å². The van der Waals surface area contributed by atoms with Gasteiger partial charge >= 0.3 is 0 Å². The van der Waals surface area contributed by atoms with Gasteiger partial charge in [-0.3, -0.25) is 15.0 Å². The van der Waals surface area contributed by atoms with Crippen LogP contribution < -0.4 is 5.32 Å². The van der Waals surface area contributed by atoms with Gasteiger partial charge in [0, 0.05) is 29.7 Å². The number of hydrogen-bond donors (Lipinski definition) is 1. The summed E-state index contributed by atoms with van der Waals surface area (Å²) in [6, 6.07) is 5.03. The average Bonchev–Trinajstić information content (AvgIpc) is 2.49. The topological polar surface area (TPSA) is 58.4 Å². The van der Waals surface area contributed by atoms with E-state index in [-0.39, 0.29) is 10.6 Å². The quantitative estimate of drug-likeness (QED) is 0.628. The Labute approximate surface area is 134 Å². The van der Waals surface area contributed by atoms with Crippen LogP contribution in [0.5, 0.6) is 0 Å². The van der Waals surface area contributed by atoms with Gasteiger partial charge in [0.15, 0.2) is 0 Å². The third-order valence-electron chi connectivity index (χ3n) is 4.06. The molecule has 0 atom stereocenters. The number of nitrogens with one attached hydrogen (secondary N) is 1. The van der Waals surface area contributed by atoms with Crippen LogP contribution in [0.25, 0.3) is 0 Å². The number of nitro benzene ring substituents is 1. The molecule has 1 heterocycles. The molecule has 1 fully saturated rings. The van der Waals surface area contributed by atoms with Crippen LogP contribution in [-0.4, -0.2) is 36.0 Å². The summed E-state index contributed by atoms with van der Waals surface area (Å²) in [6.45, 7) is 7.32. The molecule has 0 saturated carbocycles. The highest BCUT2D eigenvalue weighted by Gasteiger charge is 2.17. The molecule has 0 radical (unpaired) electrons. The molecule has 2 rings (SSSR count). The third kappa shape index (κ3) is 4.76. The molecule has 0 spiro atoms. The van der Waals surface area contributed by atoms with Crippen molar-refractivity contribution in [3.05, 3.63) is 38.3 Å². The number of non-ortho nitro benzene ring substituents is 1. The first-order valence-corrected chi connectivity index (χ1v) is 8.25. The number of rotatable bonds is 6. The fourth-order valence-corrected chi connectivity index (χ4v) is 3.25. The van der Waals surface area contributed by atoms with Crippen molar-refractivity contribution in [2.45, 2.75) is 26.3 Å². The van der Waals surface area contributed by atoms with E-state index < -0.39 is 0 Å². The summed E-state index contributed by atoms with van der Waals surface area (Å²) in [6.07, 6.45) is 2.47. The number of piperidine rings is 1. The van der Waals surface area contributed by atoms with Crippen molar-refractivity contribution in [3.8, 4) is 0 Å². The van der Waals surface area contributed by atoms with Crippen molar-refractivity contribution in [3.63, 3.8) is 0 Å². The van der Waals surface area contributed by atoms with Gasteiger partial charge in [-0.1, -0.05) is 22.9 Å². The van der Waals surface area contributed by atoms with E-state index in [0.29, 0.717) is 0 Å². The molecule has 0 unspecified atom stereocenters. The lowest BCUT2D eigenvalue weighted by Crippen LogP contribution is -2.36.